The minimum atomic E-state index is -1.15. The zero-order valence-corrected chi connectivity index (χ0v) is 17.8. The van der Waals surface area contributed by atoms with Crippen LogP contribution < -0.4 is 5.32 Å². The first-order chi connectivity index (χ1) is 13.8. The Balaban J connectivity index is 1.48. The number of hydrogen-bond acceptors (Lipinski definition) is 9. The van der Waals surface area contributed by atoms with Crippen molar-refractivity contribution in [1.29, 1.82) is 0 Å². The number of nitrogens with zero attached hydrogens (tertiary/aromatic N) is 5. The van der Waals surface area contributed by atoms with E-state index in [0.29, 0.717) is 22.6 Å². The molecular weight excluding hydrogens is 436 g/mol. The van der Waals surface area contributed by atoms with E-state index in [0.717, 1.165) is 9.35 Å². The van der Waals surface area contributed by atoms with E-state index in [1.54, 1.807) is 13.2 Å². The van der Waals surface area contributed by atoms with Crippen molar-refractivity contribution >= 4 is 52.6 Å². The summed E-state index contributed by atoms with van der Waals surface area (Å²) in [5, 5.41) is 24.7. The number of amides is 2. The third-order valence-corrected chi connectivity index (χ3v) is 7.78. The lowest BCUT2D eigenvalue weighted by atomic mass is 10.0. The SMILES string of the molecule is Cc1nnc(SCC2=C(C(=O)O)N3C(=O)C(NC(=O)c4cnn(C)c4)C3SC2)s1. The van der Waals surface area contributed by atoms with E-state index in [1.807, 2.05) is 6.92 Å². The number of nitrogens with one attached hydrogen (secondary N) is 1. The summed E-state index contributed by atoms with van der Waals surface area (Å²) in [7, 11) is 1.69. The molecule has 0 aliphatic carbocycles. The molecule has 0 aromatic carbocycles. The third-order valence-electron chi connectivity index (χ3n) is 4.38. The summed E-state index contributed by atoms with van der Waals surface area (Å²) in [6.07, 6.45) is 2.97. The largest absolute Gasteiger partial charge is 0.477 e. The average molecular weight is 453 g/mol. The first-order valence-electron chi connectivity index (χ1n) is 8.47. The first-order valence-corrected chi connectivity index (χ1v) is 11.3. The molecule has 29 heavy (non-hydrogen) atoms. The molecule has 2 N–H and O–H groups in total. The quantitative estimate of drug-likeness (QED) is 0.481. The second-order valence-corrected chi connectivity index (χ2v) is 9.91. The van der Waals surface area contributed by atoms with E-state index in [4.69, 9.17) is 0 Å². The van der Waals surface area contributed by atoms with Crippen LogP contribution in [0.25, 0.3) is 0 Å². The molecule has 4 rings (SSSR count). The molecule has 10 nitrogen and oxygen atoms in total. The molecule has 2 aliphatic rings. The summed E-state index contributed by atoms with van der Waals surface area (Å²) in [6, 6.07) is -0.762. The van der Waals surface area contributed by atoms with Crippen molar-refractivity contribution in [2.24, 2.45) is 7.05 Å². The Kier molecular flexibility index (Phi) is 5.36. The second kappa shape index (κ2) is 7.80. The van der Waals surface area contributed by atoms with Crippen LogP contribution in [0.4, 0.5) is 0 Å². The van der Waals surface area contributed by atoms with Crippen molar-refractivity contribution in [3.63, 3.8) is 0 Å². The standard InChI is InChI=1S/C16H16N6O4S3/c1-7-19-20-16(29-7)28-6-9-5-27-14-10(13(24)22(14)11(9)15(25)26)18-12(23)8-3-17-21(2)4-8/h3-4,10,14H,5-6H2,1-2H3,(H,18,23)(H,25,26). The van der Waals surface area contributed by atoms with Crippen LogP contribution in [0.5, 0.6) is 0 Å². The molecule has 2 aromatic rings. The number of aromatic nitrogens is 4. The van der Waals surface area contributed by atoms with E-state index < -0.39 is 29.2 Å². The second-order valence-electron chi connectivity index (χ2n) is 6.40. The van der Waals surface area contributed by atoms with Gasteiger partial charge in [0.25, 0.3) is 11.8 Å². The molecule has 2 amide bonds. The van der Waals surface area contributed by atoms with Gasteiger partial charge in [-0.25, -0.2) is 4.79 Å². The van der Waals surface area contributed by atoms with Crippen LogP contribution in [0.15, 0.2) is 28.0 Å². The van der Waals surface area contributed by atoms with Crippen molar-refractivity contribution in [2.45, 2.75) is 22.7 Å². The maximum absolute atomic E-state index is 12.7. The van der Waals surface area contributed by atoms with Gasteiger partial charge < -0.3 is 10.4 Å². The molecule has 4 heterocycles. The van der Waals surface area contributed by atoms with E-state index in [9.17, 15) is 19.5 Å². The zero-order valence-electron chi connectivity index (χ0n) is 15.4. The van der Waals surface area contributed by atoms with Crippen molar-refractivity contribution in [2.75, 3.05) is 11.5 Å². The number of β-lactam (4-membered cyclic amide) rings is 1. The van der Waals surface area contributed by atoms with Gasteiger partial charge in [-0.1, -0.05) is 23.1 Å². The summed E-state index contributed by atoms with van der Waals surface area (Å²) >= 11 is 4.28. The van der Waals surface area contributed by atoms with Crippen molar-refractivity contribution in [3.05, 3.63) is 34.2 Å². The van der Waals surface area contributed by atoms with E-state index in [1.165, 1.54) is 50.6 Å². The maximum Gasteiger partial charge on any atom is 0.352 e. The van der Waals surface area contributed by atoms with Gasteiger partial charge in [-0.05, 0) is 12.5 Å². The highest BCUT2D eigenvalue weighted by molar-refractivity contribution is 8.01. The first kappa shape index (κ1) is 19.9. The van der Waals surface area contributed by atoms with Gasteiger partial charge in [0.05, 0.1) is 11.8 Å². The number of carboxylic acids is 1. The molecule has 0 saturated carbocycles. The Morgan fingerprint density at radius 3 is 2.83 bits per heavy atom. The van der Waals surface area contributed by atoms with Crippen molar-refractivity contribution < 1.29 is 19.5 Å². The fourth-order valence-corrected chi connectivity index (χ4v) is 6.34. The van der Waals surface area contributed by atoms with E-state index in [-0.39, 0.29) is 5.70 Å². The molecule has 0 bridgehead atoms. The number of thioether (sulfide) groups is 2. The Morgan fingerprint density at radius 1 is 1.41 bits per heavy atom. The lowest BCUT2D eigenvalue weighted by molar-refractivity contribution is -0.148. The van der Waals surface area contributed by atoms with Crippen LogP contribution in [0, 0.1) is 6.92 Å². The lowest BCUT2D eigenvalue weighted by Crippen LogP contribution is -2.70. The van der Waals surface area contributed by atoms with Crippen LogP contribution in [0.1, 0.15) is 15.4 Å². The summed E-state index contributed by atoms with van der Waals surface area (Å²) in [5.41, 5.74) is 0.999. The number of hydrogen-bond donors (Lipinski definition) is 2. The highest BCUT2D eigenvalue weighted by Gasteiger charge is 2.54. The summed E-state index contributed by atoms with van der Waals surface area (Å²) < 4.78 is 2.25. The summed E-state index contributed by atoms with van der Waals surface area (Å²) in [6.45, 7) is 1.85. The van der Waals surface area contributed by atoms with Gasteiger partial charge in [0.2, 0.25) is 0 Å². The van der Waals surface area contributed by atoms with Crippen LogP contribution >= 0.6 is 34.9 Å². The van der Waals surface area contributed by atoms with Gasteiger partial charge in [0.1, 0.15) is 22.1 Å². The predicted molar refractivity (Wildman–Crippen MR) is 108 cm³/mol. The molecule has 2 atom stereocenters. The smallest absolute Gasteiger partial charge is 0.352 e. The Labute approximate surface area is 177 Å². The van der Waals surface area contributed by atoms with Gasteiger partial charge in [0.15, 0.2) is 4.34 Å². The number of carboxylic acid groups (broad SMARTS) is 1. The zero-order chi connectivity index (χ0) is 20.7. The van der Waals surface area contributed by atoms with Gasteiger partial charge in [-0.15, -0.1) is 22.0 Å². The number of carbonyl (C=O) groups excluding carboxylic acids is 2. The number of fused-ring (bicyclic) bond motifs is 1. The van der Waals surface area contributed by atoms with Crippen LogP contribution in [0.3, 0.4) is 0 Å². The van der Waals surface area contributed by atoms with Crippen molar-refractivity contribution in [3.8, 4) is 0 Å². The molecule has 2 aliphatic heterocycles. The van der Waals surface area contributed by atoms with Crippen molar-refractivity contribution in [1.82, 2.24) is 30.2 Å². The van der Waals surface area contributed by atoms with Gasteiger partial charge >= 0.3 is 5.97 Å². The summed E-state index contributed by atoms with van der Waals surface area (Å²) in [5.74, 6) is -1.12. The molecule has 13 heteroatoms. The van der Waals surface area contributed by atoms with Gasteiger partial charge in [0, 0.05) is 24.8 Å². The lowest BCUT2D eigenvalue weighted by Gasteiger charge is -2.49. The fourth-order valence-electron chi connectivity index (χ4n) is 3.04. The molecule has 0 spiro atoms. The van der Waals surface area contributed by atoms with E-state index >= 15 is 0 Å². The van der Waals surface area contributed by atoms with E-state index in [2.05, 4.69) is 20.6 Å². The minimum absolute atomic E-state index is 0.000589. The maximum atomic E-state index is 12.7. The number of aliphatic carboxylic acids is 1. The Bertz CT molecular complexity index is 1030. The fraction of sp³-hybridized carbons (Fsp3) is 0.375. The van der Waals surface area contributed by atoms with Gasteiger partial charge in [-0.2, -0.15) is 5.10 Å². The molecule has 152 valence electrons. The average Bonchev–Trinajstić information content (AvgIpc) is 3.31. The minimum Gasteiger partial charge on any atom is -0.477 e. The number of carbonyl (C=O) groups is 3. The predicted octanol–water partition coefficient (Wildman–Crippen LogP) is 0.725. The third kappa shape index (κ3) is 3.76. The molecular formula is C16H16N6O4S3. The topological polar surface area (TPSA) is 130 Å². The van der Waals surface area contributed by atoms with Crippen LogP contribution in [-0.4, -0.2) is 70.7 Å². The Morgan fingerprint density at radius 2 is 2.21 bits per heavy atom. The normalized spacial score (nSPS) is 21.0. The molecule has 1 saturated heterocycles. The number of aryl methyl sites for hydroxylation is 2. The highest BCUT2D eigenvalue weighted by atomic mass is 32.2. The molecule has 0 radical (unpaired) electrons. The van der Waals surface area contributed by atoms with Gasteiger partial charge in [-0.3, -0.25) is 19.2 Å². The van der Waals surface area contributed by atoms with Crippen LogP contribution in [0.2, 0.25) is 0 Å². The monoisotopic (exact) mass is 452 g/mol. The Hall–Kier alpha value is -2.38. The summed E-state index contributed by atoms with van der Waals surface area (Å²) in [4.78, 5) is 38.1. The number of rotatable bonds is 6. The molecule has 2 unspecified atom stereocenters. The molecule has 1 fully saturated rings. The van der Waals surface area contributed by atoms with Crippen LogP contribution in [-0.2, 0) is 16.6 Å². The highest BCUT2D eigenvalue weighted by Crippen LogP contribution is 2.41. The molecule has 2 aromatic heterocycles.